The number of hydrogen-bond donors (Lipinski definition) is 2. The molecule has 6 heteroatoms. The molecule has 0 saturated heterocycles. The van der Waals surface area contributed by atoms with Gasteiger partial charge in [-0.25, -0.2) is 4.98 Å². The molecule has 0 saturated carbocycles. The second-order valence-electron chi connectivity index (χ2n) is 5.72. The van der Waals surface area contributed by atoms with Crippen LogP contribution in [0.15, 0.2) is 47.2 Å². The molecule has 3 rings (SSSR count). The van der Waals surface area contributed by atoms with Crippen LogP contribution in [0.3, 0.4) is 0 Å². The van der Waals surface area contributed by atoms with Crippen LogP contribution in [0.25, 0.3) is 11.3 Å². The molecule has 0 atom stereocenters. The Morgan fingerprint density at radius 1 is 1.08 bits per heavy atom. The molecule has 0 bridgehead atoms. The van der Waals surface area contributed by atoms with Crippen LogP contribution in [0.4, 0.5) is 5.13 Å². The average molecular weight is 372 g/mol. The fourth-order valence-electron chi connectivity index (χ4n) is 2.46. The summed E-state index contributed by atoms with van der Waals surface area (Å²) < 4.78 is 0. The maximum Gasteiger partial charge on any atom is 0.216 e. The Labute approximate surface area is 155 Å². The first kappa shape index (κ1) is 17.6. The van der Waals surface area contributed by atoms with E-state index in [2.05, 4.69) is 62.8 Å². The van der Waals surface area contributed by atoms with Crippen molar-refractivity contribution in [2.75, 3.05) is 18.4 Å². The average Bonchev–Trinajstić information content (AvgIpc) is 3.27. The van der Waals surface area contributed by atoms with Gasteiger partial charge in [-0.15, -0.1) is 22.7 Å². The molecule has 1 amide bonds. The van der Waals surface area contributed by atoms with Crippen LogP contribution in [-0.2, 0) is 17.6 Å². The van der Waals surface area contributed by atoms with E-state index >= 15 is 0 Å². The molecule has 2 N–H and O–H groups in total. The number of rotatable bonds is 8. The first-order valence-electron chi connectivity index (χ1n) is 8.26. The van der Waals surface area contributed by atoms with E-state index in [-0.39, 0.29) is 5.91 Å². The van der Waals surface area contributed by atoms with Crippen molar-refractivity contribution < 1.29 is 4.79 Å². The third-order valence-corrected chi connectivity index (χ3v) is 5.51. The lowest BCUT2D eigenvalue weighted by molar-refractivity contribution is -0.118. The quantitative estimate of drug-likeness (QED) is 0.624. The minimum absolute atomic E-state index is 0.0122. The third kappa shape index (κ3) is 5.41. The zero-order chi connectivity index (χ0) is 17.5. The van der Waals surface area contributed by atoms with Crippen LogP contribution in [0.2, 0.25) is 0 Å². The van der Waals surface area contributed by atoms with Gasteiger partial charge in [0.1, 0.15) is 0 Å². The number of nitrogens with zero attached hydrogens (tertiary/aromatic N) is 1. The van der Waals surface area contributed by atoms with E-state index in [0.29, 0.717) is 6.54 Å². The molecule has 0 aliphatic heterocycles. The Morgan fingerprint density at radius 2 is 1.92 bits per heavy atom. The van der Waals surface area contributed by atoms with Crippen molar-refractivity contribution in [3.8, 4) is 11.3 Å². The lowest BCUT2D eigenvalue weighted by Gasteiger charge is -2.04. The summed E-state index contributed by atoms with van der Waals surface area (Å²) in [6.45, 7) is 3.11. The molecule has 0 spiro atoms. The van der Waals surface area contributed by atoms with Crippen molar-refractivity contribution in [2.45, 2.75) is 19.8 Å². The Hall–Kier alpha value is -2.18. The van der Waals surface area contributed by atoms with Gasteiger partial charge in [-0.05, 0) is 29.9 Å². The van der Waals surface area contributed by atoms with Gasteiger partial charge in [-0.1, -0.05) is 30.3 Å². The fourth-order valence-corrected chi connectivity index (χ4v) is 3.92. The highest BCUT2D eigenvalue weighted by molar-refractivity contribution is 7.14. The topological polar surface area (TPSA) is 54.0 Å². The molecule has 0 aliphatic rings. The molecule has 1 aromatic carbocycles. The summed E-state index contributed by atoms with van der Waals surface area (Å²) in [6.07, 6.45) is 1.86. The van der Waals surface area contributed by atoms with E-state index in [4.69, 9.17) is 0 Å². The number of thiophene rings is 1. The van der Waals surface area contributed by atoms with Gasteiger partial charge in [0.2, 0.25) is 5.91 Å². The molecule has 25 heavy (non-hydrogen) atoms. The minimum Gasteiger partial charge on any atom is -0.361 e. The predicted octanol–water partition coefficient (Wildman–Crippen LogP) is 4.20. The van der Waals surface area contributed by atoms with Crippen molar-refractivity contribution in [3.63, 3.8) is 0 Å². The van der Waals surface area contributed by atoms with Gasteiger partial charge >= 0.3 is 0 Å². The van der Waals surface area contributed by atoms with Gasteiger partial charge in [0.25, 0.3) is 0 Å². The summed E-state index contributed by atoms with van der Waals surface area (Å²) in [5, 5.41) is 11.4. The molecular formula is C19H21N3OS2. The van der Waals surface area contributed by atoms with E-state index in [1.807, 2.05) is 0 Å². The predicted molar refractivity (Wildman–Crippen MR) is 106 cm³/mol. The number of thiazole rings is 1. The molecule has 3 aromatic rings. The number of nitrogens with one attached hydrogen (secondary N) is 2. The molecule has 0 radical (unpaired) electrons. The van der Waals surface area contributed by atoms with Crippen molar-refractivity contribution in [3.05, 3.63) is 57.6 Å². The van der Waals surface area contributed by atoms with Gasteiger partial charge in [0.05, 0.1) is 5.69 Å². The van der Waals surface area contributed by atoms with Crippen LogP contribution >= 0.6 is 22.7 Å². The van der Waals surface area contributed by atoms with E-state index in [1.54, 1.807) is 22.7 Å². The molecular weight excluding hydrogens is 350 g/mol. The number of amides is 1. The number of carbonyl (C=O) groups is 1. The molecule has 0 fully saturated rings. The smallest absolute Gasteiger partial charge is 0.216 e. The zero-order valence-electron chi connectivity index (χ0n) is 14.1. The molecule has 0 unspecified atom stereocenters. The van der Waals surface area contributed by atoms with E-state index in [1.165, 1.54) is 17.4 Å². The maximum absolute atomic E-state index is 10.9. The Balaban J connectivity index is 1.51. The summed E-state index contributed by atoms with van der Waals surface area (Å²) in [6, 6.07) is 12.6. The monoisotopic (exact) mass is 371 g/mol. The Kier molecular flexibility index (Phi) is 6.19. The zero-order valence-corrected chi connectivity index (χ0v) is 15.8. The van der Waals surface area contributed by atoms with Gasteiger partial charge in [-0.2, -0.15) is 0 Å². The molecule has 130 valence electrons. The lowest BCUT2D eigenvalue weighted by atomic mass is 10.1. The number of carbonyl (C=O) groups excluding carboxylic acids is 1. The van der Waals surface area contributed by atoms with Crippen LogP contribution in [0.1, 0.15) is 17.4 Å². The summed E-state index contributed by atoms with van der Waals surface area (Å²) >= 11 is 3.42. The highest BCUT2D eigenvalue weighted by atomic mass is 32.1. The van der Waals surface area contributed by atoms with Crippen LogP contribution < -0.4 is 10.6 Å². The van der Waals surface area contributed by atoms with Gasteiger partial charge in [0, 0.05) is 35.8 Å². The number of benzene rings is 1. The number of anilines is 1. The SMILES string of the molecule is CC(=O)NCCc1ccc(-c2csc(NCCc3cccs3)n2)cc1. The highest BCUT2D eigenvalue weighted by Gasteiger charge is 2.05. The first-order valence-corrected chi connectivity index (χ1v) is 10.0. The summed E-state index contributed by atoms with van der Waals surface area (Å²) in [5.41, 5.74) is 3.32. The summed E-state index contributed by atoms with van der Waals surface area (Å²) in [7, 11) is 0. The van der Waals surface area contributed by atoms with E-state index in [9.17, 15) is 4.79 Å². The van der Waals surface area contributed by atoms with Crippen molar-refractivity contribution in [1.82, 2.24) is 10.3 Å². The van der Waals surface area contributed by atoms with Crippen molar-refractivity contribution in [2.24, 2.45) is 0 Å². The Bertz CT molecular complexity index is 794. The number of hydrogen-bond acceptors (Lipinski definition) is 5. The second-order valence-corrected chi connectivity index (χ2v) is 7.61. The lowest BCUT2D eigenvalue weighted by Crippen LogP contribution is -2.22. The summed E-state index contributed by atoms with van der Waals surface area (Å²) in [4.78, 5) is 16.9. The van der Waals surface area contributed by atoms with Crippen LogP contribution in [0.5, 0.6) is 0 Å². The Morgan fingerprint density at radius 3 is 2.64 bits per heavy atom. The third-order valence-electron chi connectivity index (χ3n) is 3.77. The van der Waals surface area contributed by atoms with Gasteiger partial charge in [-0.3, -0.25) is 4.79 Å². The number of aromatic nitrogens is 1. The second kappa shape index (κ2) is 8.78. The highest BCUT2D eigenvalue weighted by Crippen LogP contribution is 2.25. The van der Waals surface area contributed by atoms with Crippen molar-refractivity contribution in [1.29, 1.82) is 0 Å². The normalized spacial score (nSPS) is 10.6. The fraction of sp³-hybridized carbons (Fsp3) is 0.263. The first-order chi connectivity index (χ1) is 12.2. The van der Waals surface area contributed by atoms with Gasteiger partial charge < -0.3 is 10.6 Å². The minimum atomic E-state index is 0.0122. The van der Waals surface area contributed by atoms with Crippen molar-refractivity contribution >= 4 is 33.7 Å². The van der Waals surface area contributed by atoms with E-state index in [0.717, 1.165) is 35.8 Å². The standard InChI is InChI=1S/C19H21N3OS2/c1-14(23)20-10-8-15-4-6-16(7-5-15)18-13-25-19(22-18)21-11-9-17-3-2-12-24-17/h2-7,12-13H,8-11H2,1H3,(H,20,23)(H,21,22). The van der Waals surface area contributed by atoms with Gasteiger partial charge in [0.15, 0.2) is 5.13 Å². The van der Waals surface area contributed by atoms with Crippen LogP contribution in [0, 0.1) is 0 Å². The summed E-state index contributed by atoms with van der Waals surface area (Å²) in [5.74, 6) is 0.0122. The van der Waals surface area contributed by atoms with E-state index < -0.39 is 0 Å². The largest absolute Gasteiger partial charge is 0.361 e. The van der Waals surface area contributed by atoms with Crippen LogP contribution in [-0.4, -0.2) is 24.0 Å². The molecule has 2 heterocycles. The molecule has 2 aromatic heterocycles. The molecule has 0 aliphatic carbocycles. The molecule has 4 nitrogen and oxygen atoms in total. The maximum atomic E-state index is 10.9.